The summed E-state index contributed by atoms with van der Waals surface area (Å²) < 4.78 is 0. The van der Waals surface area contributed by atoms with E-state index in [1.165, 1.54) is 17.8 Å². The van der Waals surface area contributed by atoms with Crippen LogP contribution in [0.3, 0.4) is 0 Å². The van der Waals surface area contributed by atoms with E-state index in [1.54, 1.807) is 0 Å². The second-order valence-electron chi connectivity index (χ2n) is 4.51. The average Bonchev–Trinajstić information content (AvgIpc) is 2.90. The number of carbonyl (C=O) groups is 1. The second kappa shape index (κ2) is 5.89. The van der Waals surface area contributed by atoms with Gasteiger partial charge in [0.15, 0.2) is 0 Å². The van der Waals surface area contributed by atoms with Crippen LogP contribution in [0.5, 0.6) is 0 Å². The van der Waals surface area contributed by atoms with Crippen LogP contribution >= 0.6 is 11.8 Å². The number of hydrogen-bond acceptors (Lipinski definition) is 2. The van der Waals surface area contributed by atoms with E-state index in [0.29, 0.717) is 4.91 Å². The molecule has 4 heteroatoms. The number of aromatic nitrogens is 1. The molecule has 0 atom stereocenters. The zero-order valence-corrected chi connectivity index (χ0v) is 11.9. The van der Waals surface area contributed by atoms with Gasteiger partial charge in [0.2, 0.25) is 0 Å². The lowest BCUT2D eigenvalue weighted by Gasteiger charge is -2.06. The first-order valence-corrected chi connectivity index (χ1v) is 7.30. The van der Waals surface area contributed by atoms with E-state index in [2.05, 4.69) is 4.98 Å². The largest absolute Gasteiger partial charge is 0.478 e. The Bertz CT molecular complexity index is 806. The number of benzene rings is 2. The lowest BCUT2D eigenvalue weighted by atomic mass is 10.2. The number of carboxylic acids is 1. The van der Waals surface area contributed by atoms with Gasteiger partial charge in [-0.25, -0.2) is 4.79 Å². The molecule has 1 aromatic heterocycles. The van der Waals surface area contributed by atoms with E-state index >= 15 is 0 Å². The highest BCUT2D eigenvalue weighted by molar-refractivity contribution is 8.08. The molecule has 0 saturated carbocycles. The fourth-order valence-corrected chi connectivity index (χ4v) is 3.19. The number of thioether (sulfide) groups is 1. The van der Waals surface area contributed by atoms with Crippen LogP contribution in [0.1, 0.15) is 5.56 Å². The third-order valence-corrected chi connectivity index (χ3v) is 4.22. The van der Waals surface area contributed by atoms with E-state index in [9.17, 15) is 4.79 Å². The Balaban J connectivity index is 2.01. The third-order valence-electron chi connectivity index (χ3n) is 3.08. The fourth-order valence-electron chi connectivity index (χ4n) is 2.13. The molecule has 3 rings (SSSR count). The number of fused-ring (bicyclic) bond motifs is 1. The number of rotatable bonds is 4. The summed E-state index contributed by atoms with van der Waals surface area (Å²) in [4.78, 5) is 16.0. The predicted molar refractivity (Wildman–Crippen MR) is 86.2 cm³/mol. The zero-order chi connectivity index (χ0) is 14.7. The van der Waals surface area contributed by atoms with Crippen LogP contribution in [0, 0.1) is 0 Å². The van der Waals surface area contributed by atoms with Gasteiger partial charge < -0.3 is 10.1 Å². The number of nitrogens with one attached hydrogen (secondary N) is 1. The molecule has 1 heterocycles. The maximum atomic E-state index is 11.1. The summed E-state index contributed by atoms with van der Waals surface area (Å²) in [5.41, 5.74) is 1.94. The monoisotopic (exact) mass is 295 g/mol. The van der Waals surface area contributed by atoms with Gasteiger partial charge in [-0.1, -0.05) is 60.3 Å². The number of aliphatic carboxylic acids is 1. The average molecular weight is 295 g/mol. The molecule has 0 aliphatic heterocycles. The third kappa shape index (κ3) is 3.01. The van der Waals surface area contributed by atoms with Crippen molar-refractivity contribution in [1.82, 2.24) is 4.98 Å². The number of carboxylic acid groups (broad SMARTS) is 1. The molecule has 3 aromatic rings. The van der Waals surface area contributed by atoms with Crippen LogP contribution < -0.4 is 0 Å². The lowest BCUT2D eigenvalue weighted by Crippen LogP contribution is -1.90. The van der Waals surface area contributed by atoms with Crippen LogP contribution in [-0.2, 0) is 4.79 Å². The van der Waals surface area contributed by atoms with Crippen molar-refractivity contribution in [1.29, 1.82) is 0 Å². The van der Waals surface area contributed by atoms with Crippen LogP contribution in [0.2, 0.25) is 0 Å². The molecule has 3 nitrogen and oxygen atoms in total. The summed E-state index contributed by atoms with van der Waals surface area (Å²) in [6.45, 7) is 0. The Kier molecular flexibility index (Phi) is 3.79. The molecule has 0 unspecified atom stereocenters. The minimum Gasteiger partial charge on any atom is -0.478 e. The van der Waals surface area contributed by atoms with E-state index in [0.717, 1.165) is 21.4 Å². The Hall–Kier alpha value is -2.46. The van der Waals surface area contributed by atoms with Gasteiger partial charge in [-0.15, -0.1) is 0 Å². The maximum Gasteiger partial charge on any atom is 0.329 e. The fraction of sp³-hybridized carbons (Fsp3) is 0. The first-order chi connectivity index (χ1) is 10.2. The normalized spacial score (nSPS) is 11.7. The molecule has 0 fully saturated rings. The van der Waals surface area contributed by atoms with Gasteiger partial charge in [0.25, 0.3) is 0 Å². The lowest BCUT2D eigenvalue weighted by molar-refractivity contribution is -0.131. The summed E-state index contributed by atoms with van der Waals surface area (Å²) in [7, 11) is 0. The van der Waals surface area contributed by atoms with Crippen molar-refractivity contribution in [3.8, 4) is 0 Å². The molecule has 0 spiro atoms. The molecule has 2 N–H and O–H groups in total. The minimum atomic E-state index is -0.943. The number of H-pyrrole nitrogens is 1. The maximum absolute atomic E-state index is 11.1. The highest BCUT2D eigenvalue weighted by atomic mass is 32.2. The quantitative estimate of drug-likeness (QED) is 0.554. The van der Waals surface area contributed by atoms with Crippen molar-refractivity contribution in [3.63, 3.8) is 0 Å². The molecule has 104 valence electrons. The van der Waals surface area contributed by atoms with Crippen molar-refractivity contribution in [3.05, 3.63) is 72.4 Å². The molecule has 0 aliphatic rings. The summed E-state index contributed by atoms with van der Waals surface area (Å²) in [6.07, 6.45) is 3.16. The second-order valence-corrected chi connectivity index (χ2v) is 5.60. The summed E-state index contributed by atoms with van der Waals surface area (Å²) >= 11 is 1.46. The number of hydrogen-bond donors (Lipinski definition) is 2. The highest BCUT2D eigenvalue weighted by Gasteiger charge is 2.10. The van der Waals surface area contributed by atoms with Crippen molar-refractivity contribution >= 4 is 33.5 Å². The van der Waals surface area contributed by atoms with Crippen molar-refractivity contribution < 1.29 is 9.90 Å². The van der Waals surface area contributed by atoms with Crippen molar-refractivity contribution in [2.75, 3.05) is 0 Å². The van der Waals surface area contributed by atoms with Gasteiger partial charge in [0.1, 0.15) is 0 Å². The van der Waals surface area contributed by atoms with E-state index in [1.807, 2.05) is 60.8 Å². The smallest absolute Gasteiger partial charge is 0.329 e. The molecule has 0 amide bonds. The Labute approximate surface area is 126 Å². The summed E-state index contributed by atoms with van der Waals surface area (Å²) in [6, 6.07) is 17.5. The Morgan fingerprint density at radius 2 is 1.76 bits per heavy atom. The van der Waals surface area contributed by atoms with Gasteiger partial charge in [-0.2, -0.15) is 0 Å². The van der Waals surface area contributed by atoms with Gasteiger partial charge in [-0.3, -0.25) is 0 Å². The Morgan fingerprint density at radius 1 is 1.05 bits per heavy atom. The SMILES string of the molecule is O=C(O)/C=C(\Sc1c[nH]c2ccccc12)c1ccccc1. The first kappa shape index (κ1) is 13.5. The van der Waals surface area contributed by atoms with Gasteiger partial charge in [0, 0.05) is 33.0 Å². The van der Waals surface area contributed by atoms with E-state index in [-0.39, 0.29) is 0 Å². The molecular formula is C17H13NO2S. The van der Waals surface area contributed by atoms with Gasteiger partial charge in [-0.05, 0) is 11.6 Å². The topological polar surface area (TPSA) is 53.1 Å². The molecule has 2 aromatic carbocycles. The van der Waals surface area contributed by atoms with Crippen molar-refractivity contribution in [2.45, 2.75) is 4.90 Å². The van der Waals surface area contributed by atoms with Crippen LogP contribution in [0.15, 0.2) is 71.8 Å². The van der Waals surface area contributed by atoms with Crippen molar-refractivity contribution in [2.24, 2.45) is 0 Å². The molecule has 0 saturated heterocycles. The number of aromatic amines is 1. The molecule has 21 heavy (non-hydrogen) atoms. The molecule has 0 radical (unpaired) electrons. The standard InChI is InChI=1S/C17H13NO2S/c19-17(20)10-15(12-6-2-1-3-7-12)21-16-11-18-14-9-5-4-8-13(14)16/h1-11,18H,(H,19,20)/b15-10-. The summed E-state index contributed by atoms with van der Waals surface area (Å²) in [5, 5.41) is 10.2. The van der Waals surface area contributed by atoms with Gasteiger partial charge >= 0.3 is 5.97 Å². The zero-order valence-electron chi connectivity index (χ0n) is 11.1. The highest BCUT2D eigenvalue weighted by Crippen LogP contribution is 2.37. The minimum absolute atomic E-state index is 0.716. The van der Waals surface area contributed by atoms with Crippen LogP contribution in [0.25, 0.3) is 15.8 Å². The number of para-hydroxylation sites is 1. The molecular weight excluding hydrogens is 282 g/mol. The summed E-state index contributed by atoms with van der Waals surface area (Å²) in [5.74, 6) is -0.943. The Morgan fingerprint density at radius 3 is 2.52 bits per heavy atom. The predicted octanol–water partition coefficient (Wildman–Crippen LogP) is 4.39. The molecule has 0 aliphatic carbocycles. The molecule has 0 bridgehead atoms. The van der Waals surface area contributed by atoms with E-state index < -0.39 is 5.97 Å². The first-order valence-electron chi connectivity index (χ1n) is 6.48. The van der Waals surface area contributed by atoms with Crippen LogP contribution in [0.4, 0.5) is 0 Å². The van der Waals surface area contributed by atoms with E-state index in [4.69, 9.17) is 5.11 Å². The van der Waals surface area contributed by atoms with Crippen LogP contribution in [-0.4, -0.2) is 16.1 Å². The van der Waals surface area contributed by atoms with Gasteiger partial charge in [0.05, 0.1) is 0 Å².